The predicted octanol–water partition coefficient (Wildman–Crippen LogP) is 2.23. The van der Waals surface area contributed by atoms with Gasteiger partial charge in [0, 0.05) is 5.56 Å². The van der Waals surface area contributed by atoms with Crippen LogP contribution in [0.1, 0.15) is 24.2 Å². The summed E-state index contributed by atoms with van der Waals surface area (Å²) in [6.07, 6.45) is 0. The van der Waals surface area contributed by atoms with E-state index in [-0.39, 0.29) is 5.78 Å². The lowest BCUT2D eigenvalue weighted by molar-refractivity contribution is 0.0755. The average Bonchev–Trinajstić information content (AvgIpc) is 2.36. The summed E-state index contributed by atoms with van der Waals surface area (Å²) in [5, 5.41) is 0. The molecule has 0 spiro atoms. The van der Waals surface area contributed by atoms with E-state index in [1.54, 1.807) is 32.4 Å². The van der Waals surface area contributed by atoms with Crippen molar-refractivity contribution in [2.45, 2.75) is 19.4 Å². The van der Waals surface area contributed by atoms with Crippen LogP contribution in [0.25, 0.3) is 0 Å². The molecule has 0 aliphatic rings. The van der Waals surface area contributed by atoms with Gasteiger partial charge in [0.2, 0.25) is 0 Å². The Labute approximate surface area is 108 Å². The van der Waals surface area contributed by atoms with Gasteiger partial charge in [-0.1, -0.05) is 0 Å². The second kappa shape index (κ2) is 5.40. The summed E-state index contributed by atoms with van der Waals surface area (Å²) < 4.78 is 10.4. The van der Waals surface area contributed by atoms with Gasteiger partial charge in [-0.05, 0) is 46.1 Å². The molecule has 0 fully saturated rings. The van der Waals surface area contributed by atoms with Crippen molar-refractivity contribution >= 4 is 5.78 Å². The van der Waals surface area contributed by atoms with Crippen molar-refractivity contribution in [1.82, 2.24) is 4.90 Å². The standard InChI is InChI=1S/C14H21NO3/c1-14(2,15(3)4)13(16)10-7-8-11(17-5)12(9-10)18-6/h7-9H,1-6H3. The molecule has 0 amide bonds. The van der Waals surface area contributed by atoms with E-state index in [2.05, 4.69) is 0 Å². The van der Waals surface area contributed by atoms with Crippen LogP contribution in [0.15, 0.2) is 18.2 Å². The second-order valence-electron chi connectivity index (χ2n) is 4.85. The molecule has 100 valence electrons. The van der Waals surface area contributed by atoms with Crippen LogP contribution < -0.4 is 9.47 Å². The van der Waals surface area contributed by atoms with E-state index >= 15 is 0 Å². The van der Waals surface area contributed by atoms with Crippen molar-refractivity contribution in [2.24, 2.45) is 0 Å². The summed E-state index contributed by atoms with van der Waals surface area (Å²) in [6, 6.07) is 5.22. The number of Topliss-reactive ketones (excluding diaryl/α,β-unsaturated/α-hetero) is 1. The maximum atomic E-state index is 12.4. The van der Waals surface area contributed by atoms with Crippen molar-refractivity contribution in [2.75, 3.05) is 28.3 Å². The molecule has 0 radical (unpaired) electrons. The number of carbonyl (C=O) groups excluding carboxylic acids is 1. The Morgan fingerprint density at radius 2 is 1.67 bits per heavy atom. The van der Waals surface area contributed by atoms with Crippen LogP contribution in [0, 0.1) is 0 Å². The first-order valence-electron chi connectivity index (χ1n) is 5.78. The van der Waals surface area contributed by atoms with E-state index in [9.17, 15) is 4.79 Å². The van der Waals surface area contributed by atoms with Crippen molar-refractivity contribution in [1.29, 1.82) is 0 Å². The number of ketones is 1. The second-order valence-corrected chi connectivity index (χ2v) is 4.85. The number of hydrogen-bond donors (Lipinski definition) is 0. The van der Waals surface area contributed by atoms with E-state index < -0.39 is 5.54 Å². The van der Waals surface area contributed by atoms with Gasteiger partial charge < -0.3 is 9.47 Å². The largest absolute Gasteiger partial charge is 0.493 e. The molecule has 18 heavy (non-hydrogen) atoms. The zero-order chi connectivity index (χ0) is 13.9. The Kier molecular flexibility index (Phi) is 4.35. The van der Waals surface area contributed by atoms with Crippen LogP contribution >= 0.6 is 0 Å². The number of methoxy groups -OCH3 is 2. The van der Waals surface area contributed by atoms with E-state index in [1.807, 2.05) is 32.8 Å². The van der Waals surface area contributed by atoms with E-state index in [0.717, 1.165) is 0 Å². The Bertz CT molecular complexity index is 439. The molecule has 1 rings (SSSR count). The summed E-state index contributed by atoms with van der Waals surface area (Å²) in [4.78, 5) is 14.3. The molecule has 4 heteroatoms. The summed E-state index contributed by atoms with van der Waals surface area (Å²) in [6.45, 7) is 3.79. The molecule has 0 aliphatic heterocycles. The highest BCUT2D eigenvalue weighted by molar-refractivity contribution is 6.03. The van der Waals surface area contributed by atoms with Crippen LogP contribution in [-0.2, 0) is 0 Å². The minimum atomic E-state index is -0.556. The normalized spacial score (nSPS) is 11.5. The molecule has 0 aromatic heterocycles. The molecule has 0 aliphatic carbocycles. The number of nitrogens with zero attached hydrogens (tertiary/aromatic N) is 1. The third kappa shape index (κ3) is 2.64. The first-order chi connectivity index (χ1) is 8.34. The maximum absolute atomic E-state index is 12.4. The number of benzene rings is 1. The number of likely N-dealkylation sites (N-methyl/N-ethyl adjacent to an activating group) is 1. The van der Waals surface area contributed by atoms with Crippen LogP contribution in [0.5, 0.6) is 11.5 Å². The first-order valence-corrected chi connectivity index (χ1v) is 5.78. The van der Waals surface area contributed by atoms with Gasteiger partial charge in [-0.25, -0.2) is 0 Å². The highest BCUT2D eigenvalue weighted by Crippen LogP contribution is 2.29. The van der Waals surface area contributed by atoms with Crippen LogP contribution in [0.3, 0.4) is 0 Å². The zero-order valence-corrected chi connectivity index (χ0v) is 11.9. The molecule has 0 bridgehead atoms. The molecule has 0 unspecified atom stereocenters. The monoisotopic (exact) mass is 251 g/mol. The van der Waals surface area contributed by atoms with Gasteiger partial charge in [0.05, 0.1) is 19.8 Å². The van der Waals surface area contributed by atoms with Gasteiger partial charge in [0.25, 0.3) is 0 Å². The Balaban J connectivity index is 3.15. The Morgan fingerprint density at radius 1 is 1.11 bits per heavy atom. The van der Waals surface area contributed by atoms with Gasteiger partial charge in [-0.2, -0.15) is 0 Å². The van der Waals surface area contributed by atoms with Gasteiger partial charge in [0.15, 0.2) is 17.3 Å². The molecule has 0 heterocycles. The predicted molar refractivity (Wildman–Crippen MR) is 71.6 cm³/mol. The quantitative estimate of drug-likeness (QED) is 0.752. The number of carbonyl (C=O) groups is 1. The van der Waals surface area contributed by atoms with Gasteiger partial charge in [-0.3, -0.25) is 9.69 Å². The lowest BCUT2D eigenvalue weighted by Crippen LogP contribution is -2.45. The molecule has 0 saturated carbocycles. The third-order valence-electron chi connectivity index (χ3n) is 3.32. The smallest absolute Gasteiger partial charge is 0.182 e. The highest BCUT2D eigenvalue weighted by Gasteiger charge is 2.31. The minimum absolute atomic E-state index is 0.0495. The fraction of sp³-hybridized carbons (Fsp3) is 0.500. The summed E-state index contributed by atoms with van der Waals surface area (Å²) in [5.41, 5.74) is 0.0610. The molecule has 0 atom stereocenters. The van der Waals surface area contributed by atoms with Crippen molar-refractivity contribution in [3.63, 3.8) is 0 Å². The fourth-order valence-corrected chi connectivity index (χ4v) is 1.53. The Hall–Kier alpha value is -1.55. The van der Waals surface area contributed by atoms with Crippen molar-refractivity contribution in [3.8, 4) is 11.5 Å². The minimum Gasteiger partial charge on any atom is -0.493 e. The zero-order valence-electron chi connectivity index (χ0n) is 11.9. The molecule has 0 N–H and O–H groups in total. The molecule has 4 nitrogen and oxygen atoms in total. The lowest BCUT2D eigenvalue weighted by Gasteiger charge is -2.31. The molecule has 1 aromatic carbocycles. The maximum Gasteiger partial charge on any atom is 0.182 e. The molecule has 1 aromatic rings. The average molecular weight is 251 g/mol. The van der Waals surface area contributed by atoms with Crippen molar-refractivity contribution < 1.29 is 14.3 Å². The summed E-state index contributed by atoms with van der Waals surface area (Å²) in [7, 11) is 6.91. The third-order valence-corrected chi connectivity index (χ3v) is 3.32. The van der Waals surface area contributed by atoms with Crippen molar-refractivity contribution in [3.05, 3.63) is 23.8 Å². The molecular formula is C14H21NO3. The van der Waals surface area contributed by atoms with Gasteiger partial charge in [0.1, 0.15) is 0 Å². The SMILES string of the molecule is COc1ccc(C(=O)C(C)(C)N(C)C)cc1OC. The van der Waals surface area contributed by atoms with Gasteiger partial charge in [-0.15, -0.1) is 0 Å². The van der Waals surface area contributed by atoms with Crippen LogP contribution in [0.2, 0.25) is 0 Å². The molecule has 0 saturated heterocycles. The van der Waals surface area contributed by atoms with Gasteiger partial charge >= 0.3 is 0 Å². The van der Waals surface area contributed by atoms with Crippen LogP contribution in [0.4, 0.5) is 0 Å². The van der Waals surface area contributed by atoms with Crippen LogP contribution in [-0.4, -0.2) is 44.5 Å². The van der Waals surface area contributed by atoms with E-state index in [1.165, 1.54) is 0 Å². The summed E-state index contributed by atoms with van der Waals surface area (Å²) in [5.74, 6) is 1.24. The highest BCUT2D eigenvalue weighted by atomic mass is 16.5. The van der Waals surface area contributed by atoms with E-state index in [4.69, 9.17) is 9.47 Å². The number of rotatable bonds is 5. The Morgan fingerprint density at radius 3 is 2.11 bits per heavy atom. The first kappa shape index (κ1) is 14.5. The molecular weight excluding hydrogens is 230 g/mol. The number of hydrogen-bond acceptors (Lipinski definition) is 4. The van der Waals surface area contributed by atoms with E-state index in [0.29, 0.717) is 17.1 Å². The number of ether oxygens (including phenoxy) is 2. The summed E-state index contributed by atoms with van der Waals surface area (Å²) >= 11 is 0. The lowest BCUT2D eigenvalue weighted by atomic mass is 9.92. The topological polar surface area (TPSA) is 38.8 Å². The fourth-order valence-electron chi connectivity index (χ4n) is 1.53.